The number of aromatic nitrogens is 2. The highest BCUT2D eigenvalue weighted by Crippen LogP contribution is 2.26. The van der Waals surface area contributed by atoms with E-state index < -0.39 is 0 Å². The molecule has 2 heterocycles. The average Bonchev–Trinajstić information content (AvgIpc) is 3.08. The van der Waals surface area contributed by atoms with Crippen LogP contribution in [0, 0.1) is 5.92 Å². The fourth-order valence-electron chi connectivity index (χ4n) is 2.82. The highest BCUT2D eigenvalue weighted by atomic mass is 32.2. The normalized spacial score (nSPS) is 18.8. The first-order chi connectivity index (χ1) is 9.79. The second-order valence-corrected chi connectivity index (χ2v) is 6.52. The number of rotatable bonds is 5. The lowest BCUT2D eigenvalue weighted by Gasteiger charge is -2.09. The van der Waals surface area contributed by atoms with Crippen molar-refractivity contribution in [2.45, 2.75) is 32.7 Å². The average molecular weight is 288 g/mol. The summed E-state index contributed by atoms with van der Waals surface area (Å²) in [6.07, 6.45) is 2.58. The van der Waals surface area contributed by atoms with Crippen LogP contribution in [0.4, 0.5) is 0 Å². The summed E-state index contributed by atoms with van der Waals surface area (Å²) in [6.45, 7) is 3.09. The number of para-hydroxylation sites is 2. The van der Waals surface area contributed by atoms with Crippen molar-refractivity contribution in [3.63, 3.8) is 0 Å². The molecule has 1 aliphatic rings. The van der Waals surface area contributed by atoms with Crippen LogP contribution >= 0.6 is 11.8 Å². The van der Waals surface area contributed by atoms with Crippen LogP contribution in [-0.4, -0.2) is 26.8 Å². The van der Waals surface area contributed by atoms with Gasteiger partial charge in [-0.25, -0.2) is 4.98 Å². The SMILES string of the molecule is CCCn1c(CC(=O)C2CCSC2)nc2ccccc21. The van der Waals surface area contributed by atoms with Crippen LogP contribution in [0.15, 0.2) is 24.3 Å². The highest BCUT2D eigenvalue weighted by Gasteiger charge is 2.24. The molecule has 1 aliphatic heterocycles. The number of benzene rings is 1. The van der Waals surface area contributed by atoms with E-state index in [0.29, 0.717) is 12.2 Å². The van der Waals surface area contributed by atoms with Crippen molar-refractivity contribution in [3.8, 4) is 0 Å². The number of hydrogen-bond donors (Lipinski definition) is 0. The van der Waals surface area contributed by atoms with Gasteiger partial charge in [-0.2, -0.15) is 11.8 Å². The molecule has 4 heteroatoms. The Kier molecular flexibility index (Phi) is 4.10. The molecule has 3 nitrogen and oxygen atoms in total. The number of carbonyl (C=O) groups is 1. The summed E-state index contributed by atoms with van der Waals surface area (Å²) in [7, 11) is 0. The molecule has 0 amide bonds. The Hall–Kier alpha value is -1.29. The quantitative estimate of drug-likeness (QED) is 0.846. The molecule has 1 fully saturated rings. The van der Waals surface area contributed by atoms with Gasteiger partial charge in [-0.15, -0.1) is 0 Å². The lowest BCUT2D eigenvalue weighted by atomic mass is 10.0. The van der Waals surface area contributed by atoms with E-state index in [1.165, 1.54) is 0 Å². The predicted octanol–water partition coefficient (Wildman–Crippen LogP) is 3.31. The second-order valence-electron chi connectivity index (χ2n) is 5.37. The molecular weight excluding hydrogens is 268 g/mol. The Morgan fingerprint density at radius 3 is 3.05 bits per heavy atom. The van der Waals surface area contributed by atoms with Crippen LogP contribution in [0.3, 0.4) is 0 Å². The number of Topliss-reactive ketones (excluding diaryl/α,β-unsaturated/α-hetero) is 1. The Bertz CT molecular complexity index is 614. The Labute approximate surface area is 123 Å². The third-order valence-electron chi connectivity index (χ3n) is 3.90. The second kappa shape index (κ2) is 6.00. The summed E-state index contributed by atoms with van der Waals surface area (Å²) in [5, 5.41) is 0. The van der Waals surface area contributed by atoms with E-state index in [1.54, 1.807) is 0 Å². The highest BCUT2D eigenvalue weighted by molar-refractivity contribution is 7.99. The van der Waals surface area contributed by atoms with E-state index in [1.807, 2.05) is 30.0 Å². The van der Waals surface area contributed by atoms with E-state index in [0.717, 1.165) is 47.7 Å². The molecule has 20 heavy (non-hydrogen) atoms. The molecule has 1 atom stereocenters. The first kappa shape index (κ1) is 13.7. The van der Waals surface area contributed by atoms with Gasteiger partial charge in [-0.1, -0.05) is 19.1 Å². The number of fused-ring (bicyclic) bond motifs is 1. The topological polar surface area (TPSA) is 34.9 Å². The number of nitrogens with zero attached hydrogens (tertiary/aromatic N) is 2. The van der Waals surface area contributed by atoms with Crippen LogP contribution in [0.2, 0.25) is 0 Å². The smallest absolute Gasteiger partial charge is 0.144 e. The molecule has 2 aromatic rings. The van der Waals surface area contributed by atoms with E-state index in [9.17, 15) is 4.79 Å². The number of imidazole rings is 1. The van der Waals surface area contributed by atoms with E-state index in [-0.39, 0.29) is 5.92 Å². The van der Waals surface area contributed by atoms with Gasteiger partial charge in [0.1, 0.15) is 11.6 Å². The van der Waals surface area contributed by atoms with E-state index >= 15 is 0 Å². The zero-order valence-electron chi connectivity index (χ0n) is 11.8. The molecule has 0 bridgehead atoms. The van der Waals surface area contributed by atoms with Gasteiger partial charge in [-0.05, 0) is 30.7 Å². The van der Waals surface area contributed by atoms with Crippen LogP contribution < -0.4 is 0 Å². The molecule has 0 radical (unpaired) electrons. The maximum atomic E-state index is 12.4. The van der Waals surface area contributed by atoms with Gasteiger partial charge >= 0.3 is 0 Å². The number of ketones is 1. The minimum atomic E-state index is 0.245. The van der Waals surface area contributed by atoms with E-state index in [2.05, 4.69) is 22.5 Å². The molecule has 1 unspecified atom stereocenters. The molecule has 1 aromatic heterocycles. The van der Waals surface area contributed by atoms with Gasteiger partial charge in [0.25, 0.3) is 0 Å². The molecule has 0 spiro atoms. The Morgan fingerprint density at radius 2 is 2.30 bits per heavy atom. The minimum Gasteiger partial charge on any atom is -0.328 e. The van der Waals surface area contributed by atoms with Gasteiger partial charge in [0, 0.05) is 18.2 Å². The Balaban J connectivity index is 1.89. The Morgan fingerprint density at radius 1 is 1.45 bits per heavy atom. The summed E-state index contributed by atoms with van der Waals surface area (Å²) in [5.74, 6) is 3.67. The first-order valence-corrected chi connectivity index (χ1v) is 8.49. The van der Waals surface area contributed by atoms with Gasteiger partial charge in [0.05, 0.1) is 17.5 Å². The summed E-state index contributed by atoms with van der Waals surface area (Å²) >= 11 is 1.89. The number of thioether (sulfide) groups is 1. The summed E-state index contributed by atoms with van der Waals surface area (Å²) in [4.78, 5) is 17.1. The van der Waals surface area contributed by atoms with Crippen LogP contribution in [0.25, 0.3) is 11.0 Å². The first-order valence-electron chi connectivity index (χ1n) is 7.34. The molecule has 1 aromatic carbocycles. The van der Waals surface area contributed by atoms with Crippen molar-refractivity contribution < 1.29 is 4.79 Å². The van der Waals surface area contributed by atoms with Crippen LogP contribution in [0.1, 0.15) is 25.6 Å². The van der Waals surface area contributed by atoms with Gasteiger partial charge < -0.3 is 4.57 Å². The summed E-state index contributed by atoms with van der Waals surface area (Å²) < 4.78 is 2.22. The monoisotopic (exact) mass is 288 g/mol. The predicted molar refractivity (Wildman–Crippen MR) is 84.2 cm³/mol. The van der Waals surface area contributed by atoms with Crippen molar-refractivity contribution in [3.05, 3.63) is 30.1 Å². The lowest BCUT2D eigenvalue weighted by Crippen LogP contribution is -2.18. The standard InChI is InChI=1S/C16H20N2OS/c1-2-8-18-14-6-4-3-5-13(14)17-16(18)10-15(19)12-7-9-20-11-12/h3-6,12H,2,7-11H2,1H3. The minimum absolute atomic E-state index is 0.245. The molecule has 106 valence electrons. The fraction of sp³-hybridized carbons (Fsp3) is 0.500. The molecule has 3 rings (SSSR count). The third-order valence-corrected chi connectivity index (χ3v) is 5.06. The van der Waals surface area contributed by atoms with E-state index in [4.69, 9.17) is 0 Å². The summed E-state index contributed by atoms with van der Waals surface area (Å²) in [5.41, 5.74) is 2.16. The molecule has 0 N–H and O–H groups in total. The van der Waals surface area contributed by atoms with Gasteiger partial charge in [-0.3, -0.25) is 4.79 Å². The maximum Gasteiger partial charge on any atom is 0.144 e. The van der Waals surface area contributed by atoms with Crippen LogP contribution in [-0.2, 0) is 17.8 Å². The van der Waals surface area contributed by atoms with Crippen LogP contribution in [0.5, 0.6) is 0 Å². The molecular formula is C16H20N2OS. The molecule has 0 aliphatic carbocycles. The van der Waals surface area contributed by atoms with Crippen molar-refractivity contribution in [1.82, 2.24) is 9.55 Å². The number of carbonyl (C=O) groups excluding carboxylic acids is 1. The van der Waals surface area contributed by atoms with Crippen molar-refractivity contribution >= 4 is 28.6 Å². The maximum absolute atomic E-state index is 12.4. The van der Waals surface area contributed by atoms with Crippen molar-refractivity contribution in [2.75, 3.05) is 11.5 Å². The number of aryl methyl sites for hydroxylation is 1. The lowest BCUT2D eigenvalue weighted by molar-refractivity contribution is -0.121. The number of hydrogen-bond acceptors (Lipinski definition) is 3. The van der Waals surface area contributed by atoms with Crippen molar-refractivity contribution in [2.24, 2.45) is 5.92 Å². The molecule has 0 saturated carbocycles. The fourth-order valence-corrected chi connectivity index (χ4v) is 4.08. The van der Waals surface area contributed by atoms with Gasteiger partial charge in [0.2, 0.25) is 0 Å². The zero-order valence-corrected chi connectivity index (χ0v) is 12.7. The zero-order chi connectivity index (χ0) is 13.9. The largest absolute Gasteiger partial charge is 0.328 e. The third kappa shape index (κ3) is 2.62. The van der Waals surface area contributed by atoms with Crippen molar-refractivity contribution in [1.29, 1.82) is 0 Å². The van der Waals surface area contributed by atoms with Gasteiger partial charge in [0.15, 0.2) is 0 Å². The summed E-state index contributed by atoms with van der Waals surface area (Å²) in [6, 6.07) is 8.17. The molecule has 1 saturated heterocycles.